The average Bonchev–Trinajstić information content (AvgIpc) is 3.35. The van der Waals surface area contributed by atoms with Crippen molar-refractivity contribution >= 4 is 29.5 Å². The molecule has 212 valence electrons. The van der Waals surface area contributed by atoms with E-state index in [-0.39, 0.29) is 36.9 Å². The fourth-order valence-electron chi connectivity index (χ4n) is 3.51. The molecular formula is C26H28ClF4N3O5. The number of nitrogens with one attached hydrogen (secondary N) is 1. The number of nitrogens with zero attached hydrogens (tertiary/aromatic N) is 2. The Balaban J connectivity index is 0.00000533. The summed E-state index contributed by atoms with van der Waals surface area (Å²) in [7, 11) is 1.25. The van der Waals surface area contributed by atoms with E-state index in [2.05, 4.69) is 10.5 Å². The van der Waals surface area contributed by atoms with Crippen LogP contribution in [0.5, 0.6) is 0 Å². The van der Waals surface area contributed by atoms with Gasteiger partial charge in [0.25, 0.3) is 5.92 Å². The molecule has 0 aliphatic carbocycles. The molecule has 0 saturated heterocycles. The van der Waals surface area contributed by atoms with Gasteiger partial charge in [0.15, 0.2) is 0 Å². The van der Waals surface area contributed by atoms with Crippen LogP contribution >= 0.6 is 11.6 Å². The first-order chi connectivity index (χ1) is 18.0. The summed E-state index contributed by atoms with van der Waals surface area (Å²) in [5.41, 5.74) is 0.982. The highest BCUT2D eigenvalue weighted by atomic mass is 35.5. The van der Waals surface area contributed by atoms with Crippen molar-refractivity contribution in [3.8, 4) is 11.3 Å². The van der Waals surface area contributed by atoms with E-state index in [1.165, 1.54) is 43.4 Å². The van der Waals surface area contributed by atoms with E-state index in [0.717, 1.165) is 11.0 Å². The number of aliphatic hydroxyl groups excluding tert-OH is 1. The van der Waals surface area contributed by atoms with Crippen molar-refractivity contribution in [1.29, 1.82) is 0 Å². The largest absolute Gasteiger partial charge is 0.447 e. The molecule has 0 aliphatic rings. The lowest BCUT2D eigenvalue weighted by atomic mass is 10.1. The number of hydrogen-bond donors (Lipinski definition) is 2. The molecule has 0 aliphatic heterocycles. The predicted molar refractivity (Wildman–Crippen MR) is 137 cm³/mol. The number of carbonyl (C=O) groups is 2. The second-order valence-electron chi connectivity index (χ2n) is 8.40. The Kier molecular flexibility index (Phi) is 11.3. The van der Waals surface area contributed by atoms with Crippen LogP contribution in [0.4, 0.5) is 28.2 Å². The summed E-state index contributed by atoms with van der Waals surface area (Å²) in [6.07, 6.45) is -2.22. The zero-order valence-corrected chi connectivity index (χ0v) is 20.9. The highest BCUT2D eigenvalue weighted by Gasteiger charge is 2.35. The molecule has 0 bridgehead atoms. The number of likely N-dealkylation sites (N-methyl/N-ethyl adjacent to an activating group) is 1. The number of aromatic nitrogens is 1. The van der Waals surface area contributed by atoms with Gasteiger partial charge in [0, 0.05) is 31.5 Å². The van der Waals surface area contributed by atoms with Gasteiger partial charge in [-0.05, 0) is 30.2 Å². The van der Waals surface area contributed by atoms with Crippen LogP contribution in [0.1, 0.15) is 25.8 Å². The normalized spacial score (nSPS) is 11.9. The van der Waals surface area contributed by atoms with E-state index in [9.17, 15) is 27.2 Å². The molecular weight excluding hydrogens is 546 g/mol. The first-order valence-electron chi connectivity index (χ1n) is 11.3. The Morgan fingerprint density at radius 3 is 2.62 bits per heavy atom. The molecule has 13 heteroatoms. The standard InChI is InChI=1S/C25H24ClF4N3O5.CH4/c1-33(22(35)9-8-15-4-3-7-19(28)23(15)26)18(12-25(29,30)14-34)13-37-24(36)31-21-11-20(32-38-21)16-5-2-6-17(27)10-16;/h2-7,10-11,18,34H,8-9,12-14H2,1H3,(H,31,36);1H4/t18-;/m0./s1. The van der Waals surface area contributed by atoms with E-state index >= 15 is 0 Å². The third kappa shape index (κ3) is 8.96. The average molecular weight is 574 g/mol. The second-order valence-corrected chi connectivity index (χ2v) is 8.78. The van der Waals surface area contributed by atoms with Gasteiger partial charge in [-0.3, -0.25) is 10.1 Å². The van der Waals surface area contributed by atoms with Crippen molar-refractivity contribution in [1.82, 2.24) is 10.1 Å². The summed E-state index contributed by atoms with van der Waals surface area (Å²) >= 11 is 5.90. The second kappa shape index (κ2) is 13.9. The first kappa shape index (κ1) is 31.6. The van der Waals surface area contributed by atoms with Gasteiger partial charge in [-0.2, -0.15) is 0 Å². The van der Waals surface area contributed by atoms with Crippen LogP contribution in [0.15, 0.2) is 53.1 Å². The molecule has 1 atom stereocenters. The van der Waals surface area contributed by atoms with Crippen LogP contribution in [0.25, 0.3) is 11.3 Å². The number of amides is 2. The van der Waals surface area contributed by atoms with Crippen LogP contribution in [0, 0.1) is 11.6 Å². The molecule has 1 heterocycles. The first-order valence-corrected chi connectivity index (χ1v) is 11.7. The van der Waals surface area contributed by atoms with E-state index in [1.54, 1.807) is 6.07 Å². The Bertz CT molecular complexity index is 1270. The maximum atomic E-state index is 14.0. The lowest BCUT2D eigenvalue weighted by Crippen LogP contribution is -2.45. The molecule has 0 fully saturated rings. The zero-order valence-electron chi connectivity index (χ0n) is 20.1. The van der Waals surface area contributed by atoms with E-state index < -0.39 is 55.2 Å². The van der Waals surface area contributed by atoms with Crippen molar-refractivity contribution in [3.05, 3.63) is 70.8 Å². The molecule has 3 rings (SSSR count). The summed E-state index contributed by atoms with van der Waals surface area (Å²) in [5.74, 6) is -5.45. The number of ether oxygens (including phenoxy) is 1. The van der Waals surface area contributed by atoms with Gasteiger partial charge in [-0.15, -0.1) is 0 Å². The van der Waals surface area contributed by atoms with Crippen molar-refractivity contribution in [3.63, 3.8) is 0 Å². The molecule has 1 aromatic heterocycles. The fourth-order valence-corrected chi connectivity index (χ4v) is 3.73. The Morgan fingerprint density at radius 1 is 1.21 bits per heavy atom. The molecule has 2 N–H and O–H groups in total. The predicted octanol–water partition coefficient (Wildman–Crippen LogP) is 5.94. The van der Waals surface area contributed by atoms with Crippen LogP contribution in [0.2, 0.25) is 5.02 Å². The van der Waals surface area contributed by atoms with Crippen molar-refractivity contribution in [2.24, 2.45) is 0 Å². The van der Waals surface area contributed by atoms with Crippen LogP contribution in [-0.4, -0.2) is 59.4 Å². The number of aryl methyl sites for hydroxylation is 1. The maximum Gasteiger partial charge on any atom is 0.414 e. The quantitative estimate of drug-likeness (QED) is 0.275. The third-order valence-corrected chi connectivity index (χ3v) is 6.03. The molecule has 0 spiro atoms. The van der Waals surface area contributed by atoms with Crippen LogP contribution in [-0.2, 0) is 16.0 Å². The summed E-state index contributed by atoms with van der Waals surface area (Å²) in [4.78, 5) is 25.9. The number of rotatable bonds is 11. The summed E-state index contributed by atoms with van der Waals surface area (Å²) < 4.78 is 65.0. The molecule has 0 unspecified atom stereocenters. The molecule has 3 aromatic rings. The van der Waals surface area contributed by atoms with Crippen LogP contribution in [0.3, 0.4) is 0 Å². The number of hydrogen-bond acceptors (Lipinski definition) is 6. The SMILES string of the molecule is C.CN(C(=O)CCc1cccc(F)c1Cl)[C@H](COC(=O)Nc1cc(-c2cccc(F)c2)no1)CC(F)(F)CO. The van der Waals surface area contributed by atoms with Gasteiger partial charge >= 0.3 is 6.09 Å². The Hall–Kier alpha value is -3.64. The van der Waals surface area contributed by atoms with E-state index in [4.69, 9.17) is 26.0 Å². The zero-order chi connectivity index (χ0) is 27.9. The van der Waals surface area contributed by atoms with Crippen molar-refractivity contribution in [2.45, 2.75) is 38.7 Å². The smallest absolute Gasteiger partial charge is 0.414 e. The molecule has 2 aromatic carbocycles. The third-order valence-electron chi connectivity index (χ3n) is 5.61. The minimum absolute atomic E-state index is 0. The Morgan fingerprint density at radius 2 is 1.92 bits per heavy atom. The number of aliphatic hydroxyl groups is 1. The van der Waals surface area contributed by atoms with Crippen LogP contribution < -0.4 is 5.32 Å². The number of halogens is 5. The van der Waals surface area contributed by atoms with Gasteiger partial charge in [0.2, 0.25) is 11.8 Å². The number of alkyl halides is 2. The summed E-state index contributed by atoms with van der Waals surface area (Å²) in [6.45, 7) is -2.12. The van der Waals surface area contributed by atoms with Gasteiger partial charge in [-0.1, -0.05) is 48.4 Å². The summed E-state index contributed by atoms with van der Waals surface area (Å²) in [6, 6.07) is 9.62. The van der Waals surface area contributed by atoms with Gasteiger partial charge in [0.1, 0.15) is 30.5 Å². The number of carbonyl (C=O) groups excluding carboxylic acids is 2. The van der Waals surface area contributed by atoms with Gasteiger partial charge < -0.3 is 19.3 Å². The van der Waals surface area contributed by atoms with Gasteiger partial charge in [0.05, 0.1) is 11.1 Å². The molecule has 39 heavy (non-hydrogen) atoms. The van der Waals surface area contributed by atoms with Crippen molar-refractivity contribution < 1.29 is 41.5 Å². The number of anilines is 1. The number of benzene rings is 2. The summed E-state index contributed by atoms with van der Waals surface area (Å²) in [5, 5.41) is 14.8. The minimum Gasteiger partial charge on any atom is -0.447 e. The van der Waals surface area contributed by atoms with E-state index in [1.807, 2.05) is 0 Å². The van der Waals surface area contributed by atoms with E-state index in [0.29, 0.717) is 11.1 Å². The molecule has 0 radical (unpaired) electrons. The monoisotopic (exact) mass is 573 g/mol. The van der Waals surface area contributed by atoms with Gasteiger partial charge in [-0.25, -0.2) is 22.4 Å². The Labute approximate surface area is 227 Å². The lowest BCUT2D eigenvalue weighted by molar-refractivity contribution is -0.136. The molecule has 0 saturated carbocycles. The fraction of sp³-hybridized carbons (Fsp3) is 0.346. The molecule has 8 nitrogen and oxygen atoms in total. The highest BCUT2D eigenvalue weighted by Crippen LogP contribution is 2.25. The van der Waals surface area contributed by atoms with Crippen molar-refractivity contribution in [2.75, 3.05) is 25.6 Å². The molecule has 2 amide bonds. The maximum absolute atomic E-state index is 14.0. The lowest BCUT2D eigenvalue weighted by Gasteiger charge is -2.30. The minimum atomic E-state index is -3.56. The highest BCUT2D eigenvalue weighted by molar-refractivity contribution is 6.31. The topological polar surface area (TPSA) is 105 Å².